The highest BCUT2D eigenvalue weighted by atomic mass is 16.2. The molecule has 2 fully saturated rings. The van der Waals surface area contributed by atoms with E-state index in [1.165, 1.54) is 19.3 Å². The van der Waals surface area contributed by atoms with Gasteiger partial charge in [0, 0.05) is 6.04 Å². The lowest BCUT2D eigenvalue weighted by Crippen LogP contribution is -2.49. The van der Waals surface area contributed by atoms with Crippen molar-refractivity contribution in [2.24, 2.45) is 11.8 Å². The highest BCUT2D eigenvalue weighted by molar-refractivity contribution is 5.84. The molecule has 2 aliphatic rings. The SMILES string of the molecule is CCC1NC(C)C(=O)N1C1CCC(C)CC1C. The monoisotopic (exact) mass is 238 g/mol. The van der Waals surface area contributed by atoms with E-state index in [1.807, 2.05) is 6.92 Å². The van der Waals surface area contributed by atoms with E-state index >= 15 is 0 Å². The molecule has 0 aromatic heterocycles. The van der Waals surface area contributed by atoms with Crippen molar-refractivity contribution in [1.29, 1.82) is 0 Å². The molecule has 0 spiro atoms. The molecule has 2 rings (SSSR count). The fourth-order valence-electron chi connectivity index (χ4n) is 3.59. The quantitative estimate of drug-likeness (QED) is 0.801. The molecule has 0 aromatic rings. The fourth-order valence-corrected chi connectivity index (χ4v) is 3.59. The number of carbonyl (C=O) groups excluding carboxylic acids is 1. The van der Waals surface area contributed by atoms with Crippen molar-refractivity contribution in [3.05, 3.63) is 0 Å². The Labute approximate surface area is 105 Å². The van der Waals surface area contributed by atoms with Crippen LogP contribution in [-0.2, 0) is 4.79 Å². The van der Waals surface area contributed by atoms with Gasteiger partial charge in [0.05, 0.1) is 12.2 Å². The van der Waals surface area contributed by atoms with Crippen molar-refractivity contribution in [2.75, 3.05) is 0 Å². The van der Waals surface area contributed by atoms with E-state index in [1.54, 1.807) is 0 Å². The molecule has 1 N–H and O–H groups in total. The van der Waals surface area contributed by atoms with Crippen LogP contribution >= 0.6 is 0 Å². The second-order valence-electron chi connectivity index (χ2n) is 6.02. The Morgan fingerprint density at radius 3 is 2.59 bits per heavy atom. The van der Waals surface area contributed by atoms with E-state index in [4.69, 9.17) is 0 Å². The molecule has 5 unspecified atom stereocenters. The number of carbonyl (C=O) groups is 1. The minimum atomic E-state index is 0.00602. The molecule has 17 heavy (non-hydrogen) atoms. The van der Waals surface area contributed by atoms with Crippen molar-refractivity contribution in [3.63, 3.8) is 0 Å². The average molecular weight is 238 g/mol. The molecule has 0 bridgehead atoms. The summed E-state index contributed by atoms with van der Waals surface area (Å²) in [4.78, 5) is 14.4. The molecule has 98 valence electrons. The Hall–Kier alpha value is -0.570. The molecule has 1 amide bonds. The minimum absolute atomic E-state index is 0.00602. The van der Waals surface area contributed by atoms with Gasteiger partial charge in [0.1, 0.15) is 0 Å². The molecular weight excluding hydrogens is 212 g/mol. The second kappa shape index (κ2) is 4.97. The highest BCUT2D eigenvalue weighted by Crippen LogP contribution is 2.34. The molecule has 5 atom stereocenters. The first-order valence-corrected chi connectivity index (χ1v) is 7.12. The van der Waals surface area contributed by atoms with E-state index in [-0.39, 0.29) is 12.2 Å². The number of nitrogens with one attached hydrogen (secondary N) is 1. The van der Waals surface area contributed by atoms with Gasteiger partial charge >= 0.3 is 0 Å². The predicted octanol–water partition coefficient (Wildman–Crippen LogP) is 2.37. The number of rotatable bonds is 2. The lowest BCUT2D eigenvalue weighted by Gasteiger charge is -2.41. The Morgan fingerprint density at radius 2 is 2.00 bits per heavy atom. The first-order valence-electron chi connectivity index (χ1n) is 7.12. The summed E-state index contributed by atoms with van der Waals surface area (Å²) in [5.41, 5.74) is 0. The zero-order chi connectivity index (χ0) is 12.6. The van der Waals surface area contributed by atoms with Crippen molar-refractivity contribution in [2.45, 2.75) is 71.6 Å². The number of nitrogens with zero attached hydrogens (tertiary/aromatic N) is 1. The normalized spacial score (nSPS) is 43.2. The van der Waals surface area contributed by atoms with Crippen LogP contribution in [0.5, 0.6) is 0 Å². The van der Waals surface area contributed by atoms with Gasteiger partial charge in [-0.15, -0.1) is 0 Å². The molecule has 1 saturated carbocycles. The zero-order valence-electron chi connectivity index (χ0n) is 11.6. The first-order chi connectivity index (χ1) is 8.04. The third kappa shape index (κ3) is 2.35. The summed E-state index contributed by atoms with van der Waals surface area (Å²) in [5.74, 6) is 1.77. The average Bonchev–Trinajstić information content (AvgIpc) is 2.56. The standard InChI is InChI=1S/C14H26N2O/c1-5-13-15-11(4)14(17)16(13)12-7-6-9(2)8-10(12)3/h9-13,15H,5-8H2,1-4H3. The third-order valence-corrected chi connectivity index (χ3v) is 4.53. The lowest BCUT2D eigenvalue weighted by atomic mass is 9.79. The molecule has 1 heterocycles. The van der Waals surface area contributed by atoms with Crippen LogP contribution in [0, 0.1) is 11.8 Å². The van der Waals surface area contributed by atoms with E-state index in [9.17, 15) is 4.79 Å². The molecule has 3 nitrogen and oxygen atoms in total. The topological polar surface area (TPSA) is 32.3 Å². The molecule has 3 heteroatoms. The third-order valence-electron chi connectivity index (χ3n) is 4.53. The van der Waals surface area contributed by atoms with Crippen molar-refractivity contribution in [3.8, 4) is 0 Å². The van der Waals surface area contributed by atoms with E-state index in [0.717, 1.165) is 12.3 Å². The first kappa shape index (κ1) is 12.9. The van der Waals surface area contributed by atoms with Gasteiger partial charge in [-0.3, -0.25) is 10.1 Å². The maximum Gasteiger partial charge on any atom is 0.240 e. The van der Waals surface area contributed by atoms with Crippen molar-refractivity contribution < 1.29 is 4.79 Å². The molecule has 1 aliphatic carbocycles. The molecule has 1 saturated heterocycles. The molecule has 1 aliphatic heterocycles. The number of hydrogen-bond acceptors (Lipinski definition) is 2. The van der Waals surface area contributed by atoms with Gasteiger partial charge in [-0.05, 0) is 44.4 Å². The Bertz CT molecular complexity index is 292. The van der Waals surface area contributed by atoms with Crippen molar-refractivity contribution in [1.82, 2.24) is 10.2 Å². The van der Waals surface area contributed by atoms with Gasteiger partial charge in [0.25, 0.3) is 0 Å². The fraction of sp³-hybridized carbons (Fsp3) is 0.929. The van der Waals surface area contributed by atoms with Gasteiger partial charge in [-0.1, -0.05) is 20.8 Å². The van der Waals surface area contributed by atoms with Crippen LogP contribution in [-0.4, -0.2) is 29.1 Å². The summed E-state index contributed by atoms with van der Waals surface area (Å²) < 4.78 is 0. The Morgan fingerprint density at radius 1 is 1.29 bits per heavy atom. The van der Waals surface area contributed by atoms with E-state index in [0.29, 0.717) is 17.9 Å². The maximum atomic E-state index is 12.3. The number of hydrogen-bond donors (Lipinski definition) is 1. The Kier molecular flexibility index (Phi) is 3.76. The van der Waals surface area contributed by atoms with Gasteiger partial charge in [-0.2, -0.15) is 0 Å². The minimum Gasteiger partial charge on any atom is -0.323 e. The molecule has 0 radical (unpaired) electrons. The summed E-state index contributed by atoms with van der Waals surface area (Å²) in [6.45, 7) is 8.78. The predicted molar refractivity (Wildman–Crippen MR) is 69.5 cm³/mol. The second-order valence-corrected chi connectivity index (χ2v) is 6.02. The van der Waals surface area contributed by atoms with E-state index in [2.05, 4.69) is 31.0 Å². The highest BCUT2D eigenvalue weighted by Gasteiger charge is 2.42. The maximum absolute atomic E-state index is 12.3. The Balaban J connectivity index is 2.12. The van der Waals surface area contributed by atoms with Crippen LogP contribution in [0.15, 0.2) is 0 Å². The summed E-state index contributed by atoms with van der Waals surface area (Å²) >= 11 is 0. The van der Waals surface area contributed by atoms with Gasteiger partial charge in [-0.25, -0.2) is 0 Å². The summed E-state index contributed by atoms with van der Waals surface area (Å²) in [7, 11) is 0. The van der Waals surface area contributed by atoms with Crippen LogP contribution in [0.2, 0.25) is 0 Å². The summed E-state index contributed by atoms with van der Waals surface area (Å²) in [6, 6.07) is 0.465. The van der Waals surface area contributed by atoms with Crippen LogP contribution in [0.1, 0.15) is 53.4 Å². The van der Waals surface area contributed by atoms with Crippen molar-refractivity contribution >= 4 is 5.91 Å². The van der Waals surface area contributed by atoms with Crippen LogP contribution in [0.4, 0.5) is 0 Å². The van der Waals surface area contributed by atoms with E-state index < -0.39 is 0 Å². The smallest absolute Gasteiger partial charge is 0.240 e. The van der Waals surface area contributed by atoms with Gasteiger partial charge in [0.15, 0.2) is 0 Å². The van der Waals surface area contributed by atoms with Gasteiger partial charge in [0.2, 0.25) is 5.91 Å². The molecule has 0 aromatic carbocycles. The lowest BCUT2D eigenvalue weighted by molar-refractivity contribution is -0.134. The van der Waals surface area contributed by atoms with Crippen LogP contribution < -0.4 is 5.32 Å². The van der Waals surface area contributed by atoms with Gasteiger partial charge < -0.3 is 4.90 Å². The largest absolute Gasteiger partial charge is 0.323 e. The summed E-state index contributed by atoms with van der Waals surface area (Å²) in [6.07, 6.45) is 4.98. The molecular formula is C14H26N2O. The number of amides is 1. The zero-order valence-corrected chi connectivity index (χ0v) is 11.6. The van der Waals surface area contributed by atoms with Crippen LogP contribution in [0.3, 0.4) is 0 Å². The van der Waals surface area contributed by atoms with Crippen LogP contribution in [0.25, 0.3) is 0 Å². The summed E-state index contributed by atoms with van der Waals surface area (Å²) in [5, 5.41) is 3.41.